The standard InChI is InChI=1S/C68H43NO/c1-67(2)56-22-9-5-19-49(56)51-34-30-43(37-59(51)67)69(45-31-35-53-52-20-8-12-25-62(52)70-63(53)39-45)44-29-33-50-47-17-4-3-16-46(47)48-18-6-10-23-57(48)68(60(50)38-44)58-24-11-7-21-54(58)66-55-32-28-41-15-13-14-40-26-27-42(36-61(66)68)65(55)64(40)41/h3-39H,1-2H3. The van der Waals surface area contributed by atoms with Crippen LogP contribution in [0.3, 0.4) is 0 Å². The molecule has 0 amide bonds. The Morgan fingerprint density at radius 2 is 0.829 bits per heavy atom. The molecule has 13 aromatic rings. The fourth-order valence-electron chi connectivity index (χ4n) is 13.6. The summed E-state index contributed by atoms with van der Waals surface area (Å²) in [5, 5.41) is 10.1. The lowest BCUT2D eigenvalue weighted by Gasteiger charge is -2.37. The minimum atomic E-state index is -0.687. The summed E-state index contributed by atoms with van der Waals surface area (Å²) >= 11 is 0. The molecule has 3 aliphatic carbocycles. The monoisotopic (exact) mass is 889 g/mol. The van der Waals surface area contributed by atoms with Gasteiger partial charge in [-0.25, -0.2) is 0 Å². The Morgan fingerprint density at radius 3 is 1.59 bits per heavy atom. The predicted molar refractivity (Wildman–Crippen MR) is 291 cm³/mol. The molecule has 2 heteroatoms. The third-order valence-electron chi connectivity index (χ3n) is 16.6. The first-order valence-corrected chi connectivity index (χ1v) is 24.6. The van der Waals surface area contributed by atoms with Gasteiger partial charge in [-0.15, -0.1) is 0 Å². The van der Waals surface area contributed by atoms with Crippen LogP contribution in [0.2, 0.25) is 0 Å². The molecule has 1 aromatic heterocycles. The normalized spacial score (nSPS) is 15.7. The zero-order valence-electron chi connectivity index (χ0n) is 38.7. The molecule has 0 fully saturated rings. The first-order valence-electron chi connectivity index (χ1n) is 24.6. The highest BCUT2D eigenvalue weighted by Gasteiger charge is 2.51. The molecule has 326 valence electrons. The first kappa shape index (κ1) is 38.3. The lowest BCUT2D eigenvalue weighted by molar-refractivity contribution is 0.660. The van der Waals surface area contributed by atoms with Crippen molar-refractivity contribution in [1.82, 2.24) is 0 Å². The molecule has 70 heavy (non-hydrogen) atoms. The molecule has 2 nitrogen and oxygen atoms in total. The van der Waals surface area contributed by atoms with E-state index in [4.69, 9.17) is 4.42 Å². The zero-order chi connectivity index (χ0) is 46.0. The van der Waals surface area contributed by atoms with Gasteiger partial charge in [0.05, 0.1) is 5.41 Å². The number of nitrogens with zero attached hydrogens (tertiary/aromatic N) is 1. The third kappa shape index (κ3) is 4.78. The van der Waals surface area contributed by atoms with Gasteiger partial charge in [-0.2, -0.15) is 0 Å². The summed E-state index contributed by atoms with van der Waals surface area (Å²) in [7, 11) is 0. The highest BCUT2D eigenvalue weighted by molar-refractivity contribution is 6.27. The Hall–Kier alpha value is -8.72. The van der Waals surface area contributed by atoms with Gasteiger partial charge >= 0.3 is 0 Å². The molecule has 3 aliphatic rings. The molecular formula is C68H43NO. The van der Waals surface area contributed by atoms with Crippen LogP contribution in [-0.4, -0.2) is 0 Å². The van der Waals surface area contributed by atoms with E-state index < -0.39 is 5.41 Å². The fraction of sp³-hybridized carbons (Fsp3) is 0.0588. The Labute approximate surface area is 405 Å². The van der Waals surface area contributed by atoms with E-state index in [1.165, 1.54) is 110 Å². The number of furan rings is 1. The van der Waals surface area contributed by atoms with Crippen molar-refractivity contribution >= 4 is 71.3 Å². The number of anilines is 3. The summed E-state index contributed by atoms with van der Waals surface area (Å²) in [6.45, 7) is 4.75. The van der Waals surface area contributed by atoms with E-state index in [1.807, 2.05) is 0 Å². The topological polar surface area (TPSA) is 16.4 Å². The molecule has 0 N–H and O–H groups in total. The molecule has 0 saturated heterocycles. The van der Waals surface area contributed by atoms with Crippen molar-refractivity contribution in [3.05, 3.63) is 258 Å². The van der Waals surface area contributed by atoms with Crippen LogP contribution < -0.4 is 4.90 Å². The van der Waals surface area contributed by atoms with Gasteiger partial charge in [0.1, 0.15) is 11.2 Å². The summed E-state index contributed by atoms with van der Waals surface area (Å²) in [5.41, 5.74) is 22.3. The lowest BCUT2D eigenvalue weighted by Crippen LogP contribution is -2.29. The molecule has 0 bridgehead atoms. The Morgan fingerprint density at radius 1 is 0.314 bits per heavy atom. The summed E-state index contributed by atoms with van der Waals surface area (Å²) < 4.78 is 6.66. The average Bonchev–Trinajstić information content (AvgIpc) is 3.98. The van der Waals surface area contributed by atoms with Crippen LogP contribution in [0.5, 0.6) is 0 Å². The molecule has 16 rings (SSSR count). The van der Waals surface area contributed by atoms with Gasteiger partial charge in [0.2, 0.25) is 0 Å². The molecule has 0 saturated carbocycles. The number of hydrogen-bond donors (Lipinski definition) is 0. The van der Waals surface area contributed by atoms with Crippen LogP contribution in [0.15, 0.2) is 229 Å². The van der Waals surface area contributed by atoms with Gasteiger partial charge in [-0.3, -0.25) is 0 Å². The van der Waals surface area contributed by atoms with E-state index in [9.17, 15) is 0 Å². The number of benzene rings is 12. The van der Waals surface area contributed by atoms with Crippen molar-refractivity contribution in [2.75, 3.05) is 4.90 Å². The van der Waals surface area contributed by atoms with Gasteiger partial charge < -0.3 is 9.32 Å². The van der Waals surface area contributed by atoms with Crippen molar-refractivity contribution in [3.8, 4) is 44.5 Å². The van der Waals surface area contributed by atoms with Crippen LogP contribution in [0.1, 0.15) is 47.2 Å². The molecule has 0 aliphatic heterocycles. The summed E-state index contributed by atoms with van der Waals surface area (Å²) in [4.78, 5) is 2.48. The minimum absolute atomic E-state index is 0.178. The quantitative estimate of drug-likeness (QED) is 0.164. The zero-order valence-corrected chi connectivity index (χ0v) is 38.7. The predicted octanol–water partition coefficient (Wildman–Crippen LogP) is 18.3. The second-order valence-electron chi connectivity index (χ2n) is 20.3. The van der Waals surface area contributed by atoms with E-state index in [-0.39, 0.29) is 5.41 Å². The molecule has 12 aromatic carbocycles. The maximum atomic E-state index is 6.66. The van der Waals surface area contributed by atoms with Gasteiger partial charge in [-0.05, 0) is 159 Å². The second kappa shape index (κ2) is 13.5. The summed E-state index contributed by atoms with van der Waals surface area (Å²) in [5.74, 6) is 0. The van der Waals surface area contributed by atoms with Crippen molar-refractivity contribution in [2.24, 2.45) is 0 Å². The van der Waals surface area contributed by atoms with Crippen molar-refractivity contribution in [3.63, 3.8) is 0 Å². The highest BCUT2D eigenvalue weighted by atomic mass is 16.3. The largest absolute Gasteiger partial charge is 0.456 e. The van der Waals surface area contributed by atoms with E-state index in [1.54, 1.807) is 0 Å². The first-order chi connectivity index (χ1) is 34.5. The Balaban J connectivity index is 1.03. The lowest BCUT2D eigenvalue weighted by atomic mass is 9.65. The van der Waals surface area contributed by atoms with Crippen LogP contribution in [0.25, 0.3) is 98.8 Å². The number of hydrogen-bond acceptors (Lipinski definition) is 2. The van der Waals surface area contributed by atoms with Crippen molar-refractivity contribution in [2.45, 2.75) is 24.7 Å². The SMILES string of the molecule is CC1(C)c2ccccc2-c2ccc(N(c3ccc4c(c3)C3(c5ccccc5-c5ccccc5-4)c4ccccc4-c4c3cc3ccc5cccc6ccc4c3c56)c3ccc4c(c3)oc3ccccc34)cc21. The number of para-hydroxylation sites is 1. The molecule has 1 spiro atoms. The summed E-state index contributed by atoms with van der Waals surface area (Å²) in [6.07, 6.45) is 0. The van der Waals surface area contributed by atoms with E-state index in [0.29, 0.717) is 0 Å². The Kier molecular flexibility index (Phi) is 7.38. The van der Waals surface area contributed by atoms with Crippen LogP contribution in [-0.2, 0) is 10.8 Å². The highest BCUT2D eigenvalue weighted by Crippen LogP contribution is 2.64. The smallest absolute Gasteiger partial charge is 0.137 e. The van der Waals surface area contributed by atoms with Gasteiger partial charge in [-0.1, -0.05) is 184 Å². The molecule has 0 radical (unpaired) electrons. The second-order valence-corrected chi connectivity index (χ2v) is 20.3. The molecule has 1 heterocycles. The number of rotatable bonds is 3. The van der Waals surface area contributed by atoms with Gasteiger partial charge in [0, 0.05) is 39.3 Å². The van der Waals surface area contributed by atoms with Gasteiger partial charge in [0.15, 0.2) is 0 Å². The van der Waals surface area contributed by atoms with E-state index in [0.717, 1.165) is 39.0 Å². The average molecular weight is 890 g/mol. The third-order valence-corrected chi connectivity index (χ3v) is 16.6. The number of fused-ring (bicyclic) bond motifs is 19. The maximum absolute atomic E-state index is 6.66. The van der Waals surface area contributed by atoms with E-state index >= 15 is 0 Å². The fourth-order valence-corrected chi connectivity index (χ4v) is 13.6. The van der Waals surface area contributed by atoms with Gasteiger partial charge in [0.25, 0.3) is 0 Å². The minimum Gasteiger partial charge on any atom is -0.456 e. The molecule has 1 atom stereocenters. The van der Waals surface area contributed by atoms with Crippen LogP contribution in [0.4, 0.5) is 17.1 Å². The molecular weight excluding hydrogens is 847 g/mol. The van der Waals surface area contributed by atoms with Crippen molar-refractivity contribution in [1.29, 1.82) is 0 Å². The van der Waals surface area contributed by atoms with Crippen molar-refractivity contribution < 1.29 is 4.42 Å². The molecule has 1 unspecified atom stereocenters. The summed E-state index contributed by atoms with van der Waals surface area (Å²) in [6, 6.07) is 84.8. The van der Waals surface area contributed by atoms with Crippen LogP contribution in [0, 0.1) is 0 Å². The maximum Gasteiger partial charge on any atom is 0.137 e. The Bertz CT molecular complexity index is 4400. The van der Waals surface area contributed by atoms with E-state index in [2.05, 4.69) is 243 Å². The van der Waals surface area contributed by atoms with Crippen LogP contribution >= 0.6 is 0 Å².